The van der Waals surface area contributed by atoms with Crippen LogP contribution in [-0.2, 0) is 10.2 Å². The topological polar surface area (TPSA) is 32.3 Å². The molecule has 1 N–H and O–H groups in total. The number of thiophene rings is 1. The predicted molar refractivity (Wildman–Crippen MR) is 80.6 cm³/mol. The molecule has 19 heavy (non-hydrogen) atoms. The quantitative estimate of drug-likeness (QED) is 0.919. The van der Waals surface area contributed by atoms with E-state index in [-0.39, 0.29) is 5.91 Å². The number of likely N-dealkylation sites (tertiary alicyclic amines) is 1. The lowest BCUT2D eigenvalue weighted by Crippen LogP contribution is -2.48. The Bertz CT molecular complexity index is 412. The van der Waals surface area contributed by atoms with Crippen LogP contribution in [0, 0.1) is 5.92 Å². The Hall–Kier alpha value is -0.870. The van der Waals surface area contributed by atoms with E-state index in [4.69, 9.17) is 0 Å². The second-order valence-corrected chi connectivity index (χ2v) is 6.87. The summed E-state index contributed by atoms with van der Waals surface area (Å²) in [5.74, 6) is 0.873. The van der Waals surface area contributed by atoms with E-state index < -0.39 is 5.41 Å². The second-order valence-electron chi connectivity index (χ2n) is 5.92. The first-order valence-corrected chi connectivity index (χ1v) is 7.91. The molecule has 1 fully saturated rings. The lowest BCUT2D eigenvalue weighted by Gasteiger charge is -2.37. The van der Waals surface area contributed by atoms with Crippen LogP contribution in [0.15, 0.2) is 17.5 Å². The molecule has 2 rings (SSSR count). The molecule has 1 aliphatic rings. The van der Waals surface area contributed by atoms with Gasteiger partial charge in [0.2, 0.25) is 5.91 Å². The molecule has 1 unspecified atom stereocenters. The molecule has 0 aromatic carbocycles. The SMILES string of the molecule is CNCC1CCCN(C(=O)C(C)(C)c2cccs2)C1. The monoisotopic (exact) mass is 280 g/mol. The number of piperidine rings is 1. The molecule has 0 aliphatic carbocycles. The zero-order valence-corrected chi connectivity index (χ0v) is 12.9. The van der Waals surface area contributed by atoms with Crippen molar-refractivity contribution >= 4 is 17.2 Å². The molecule has 1 atom stereocenters. The average molecular weight is 280 g/mol. The standard InChI is InChI=1S/C15H24N2OS/c1-15(2,13-7-5-9-19-13)14(18)17-8-4-6-12(11-17)10-16-3/h5,7,9,12,16H,4,6,8,10-11H2,1-3H3. The molecule has 1 aromatic rings. The number of rotatable bonds is 4. The van der Waals surface area contributed by atoms with Crippen LogP contribution in [0.4, 0.5) is 0 Å². The molecule has 1 amide bonds. The van der Waals surface area contributed by atoms with Crippen LogP contribution in [0.1, 0.15) is 31.6 Å². The first kappa shape index (κ1) is 14.5. The fraction of sp³-hybridized carbons (Fsp3) is 0.667. The van der Waals surface area contributed by atoms with Gasteiger partial charge in [-0.15, -0.1) is 11.3 Å². The Morgan fingerprint density at radius 3 is 3.00 bits per heavy atom. The van der Waals surface area contributed by atoms with Crippen molar-refractivity contribution in [3.63, 3.8) is 0 Å². The highest BCUT2D eigenvalue weighted by Gasteiger charge is 2.36. The Morgan fingerprint density at radius 2 is 2.37 bits per heavy atom. The van der Waals surface area contributed by atoms with Gasteiger partial charge in [-0.1, -0.05) is 6.07 Å². The number of carbonyl (C=O) groups excluding carboxylic acids is 1. The van der Waals surface area contributed by atoms with Crippen molar-refractivity contribution in [2.45, 2.75) is 32.1 Å². The summed E-state index contributed by atoms with van der Waals surface area (Å²) >= 11 is 1.67. The highest BCUT2D eigenvalue weighted by molar-refractivity contribution is 7.10. The molecule has 4 heteroatoms. The fourth-order valence-corrected chi connectivity index (χ4v) is 3.68. The van der Waals surface area contributed by atoms with Gasteiger partial charge in [-0.25, -0.2) is 0 Å². The third kappa shape index (κ3) is 3.18. The van der Waals surface area contributed by atoms with Crippen molar-refractivity contribution in [2.75, 3.05) is 26.7 Å². The van der Waals surface area contributed by atoms with Crippen LogP contribution in [0.2, 0.25) is 0 Å². The molecule has 1 aliphatic heterocycles. The van der Waals surface area contributed by atoms with E-state index in [0.717, 1.165) is 30.9 Å². The smallest absolute Gasteiger partial charge is 0.233 e. The molecule has 0 bridgehead atoms. The predicted octanol–water partition coefficient (Wildman–Crippen LogP) is 2.48. The number of nitrogens with one attached hydrogen (secondary N) is 1. The van der Waals surface area contributed by atoms with Crippen molar-refractivity contribution in [3.8, 4) is 0 Å². The van der Waals surface area contributed by atoms with Gasteiger partial charge in [0.15, 0.2) is 0 Å². The third-order valence-electron chi connectivity index (χ3n) is 3.97. The fourth-order valence-electron chi connectivity index (χ4n) is 2.84. The van der Waals surface area contributed by atoms with E-state index >= 15 is 0 Å². The minimum absolute atomic E-state index is 0.274. The third-order valence-corrected chi connectivity index (χ3v) is 5.16. The van der Waals surface area contributed by atoms with E-state index in [1.165, 1.54) is 6.42 Å². The van der Waals surface area contributed by atoms with Gasteiger partial charge in [0.25, 0.3) is 0 Å². The van der Waals surface area contributed by atoms with E-state index in [2.05, 4.69) is 16.3 Å². The molecule has 1 saturated heterocycles. The molecule has 3 nitrogen and oxygen atoms in total. The van der Waals surface area contributed by atoms with Crippen molar-refractivity contribution < 1.29 is 4.79 Å². The van der Waals surface area contributed by atoms with Gasteiger partial charge in [-0.05, 0) is 57.6 Å². The normalized spacial score (nSPS) is 20.6. The van der Waals surface area contributed by atoms with Gasteiger partial charge in [0.1, 0.15) is 0 Å². The Labute approximate surface area is 120 Å². The van der Waals surface area contributed by atoms with Crippen LogP contribution in [0.3, 0.4) is 0 Å². The van der Waals surface area contributed by atoms with Crippen molar-refractivity contribution in [2.24, 2.45) is 5.92 Å². The van der Waals surface area contributed by atoms with Crippen molar-refractivity contribution in [3.05, 3.63) is 22.4 Å². The summed E-state index contributed by atoms with van der Waals surface area (Å²) in [5.41, 5.74) is -0.393. The zero-order chi connectivity index (χ0) is 13.9. The molecular formula is C15H24N2OS. The average Bonchev–Trinajstić information content (AvgIpc) is 2.93. The first-order valence-electron chi connectivity index (χ1n) is 7.03. The van der Waals surface area contributed by atoms with E-state index in [0.29, 0.717) is 5.92 Å². The molecule has 2 heterocycles. The van der Waals surface area contributed by atoms with Gasteiger partial charge < -0.3 is 10.2 Å². The number of nitrogens with zero attached hydrogens (tertiary/aromatic N) is 1. The van der Waals surface area contributed by atoms with Crippen LogP contribution in [-0.4, -0.2) is 37.5 Å². The van der Waals surface area contributed by atoms with Crippen LogP contribution >= 0.6 is 11.3 Å². The minimum atomic E-state index is -0.393. The van der Waals surface area contributed by atoms with Crippen LogP contribution < -0.4 is 5.32 Å². The van der Waals surface area contributed by atoms with Gasteiger partial charge >= 0.3 is 0 Å². The van der Waals surface area contributed by atoms with Crippen LogP contribution in [0.5, 0.6) is 0 Å². The summed E-state index contributed by atoms with van der Waals surface area (Å²) in [7, 11) is 1.98. The number of amides is 1. The highest BCUT2D eigenvalue weighted by atomic mass is 32.1. The summed E-state index contributed by atoms with van der Waals surface area (Å²) in [6.45, 7) is 6.90. The van der Waals surface area contributed by atoms with Gasteiger partial charge in [0, 0.05) is 18.0 Å². The minimum Gasteiger partial charge on any atom is -0.342 e. The summed E-state index contributed by atoms with van der Waals surface area (Å²) in [6, 6.07) is 4.09. The highest BCUT2D eigenvalue weighted by Crippen LogP contribution is 2.31. The Balaban J connectivity index is 2.06. The maximum atomic E-state index is 12.8. The van der Waals surface area contributed by atoms with Gasteiger partial charge in [0.05, 0.1) is 5.41 Å². The molecule has 0 saturated carbocycles. The van der Waals surface area contributed by atoms with Gasteiger partial charge in [-0.2, -0.15) is 0 Å². The maximum absolute atomic E-state index is 12.8. The number of hydrogen-bond donors (Lipinski definition) is 1. The Kier molecular flexibility index (Phi) is 4.63. The number of hydrogen-bond acceptors (Lipinski definition) is 3. The van der Waals surface area contributed by atoms with E-state index in [9.17, 15) is 4.79 Å². The summed E-state index contributed by atoms with van der Waals surface area (Å²) in [6.07, 6.45) is 2.35. The molecular weight excluding hydrogens is 256 g/mol. The number of carbonyl (C=O) groups is 1. The summed E-state index contributed by atoms with van der Waals surface area (Å²) in [5, 5.41) is 5.27. The largest absolute Gasteiger partial charge is 0.342 e. The summed E-state index contributed by atoms with van der Waals surface area (Å²) in [4.78, 5) is 16.0. The van der Waals surface area contributed by atoms with Crippen molar-refractivity contribution in [1.29, 1.82) is 0 Å². The Morgan fingerprint density at radius 1 is 1.58 bits per heavy atom. The molecule has 0 radical (unpaired) electrons. The van der Waals surface area contributed by atoms with Crippen molar-refractivity contribution in [1.82, 2.24) is 10.2 Å². The zero-order valence-electron chi connectivity index (χ0n) is 12.1. The maximum Gasteiger partial charge on any atom is 0.233 e. The summed E-state index contributed by atoms with van der Waals surface area (Å²) < 4.78 is 0. The lowest BCUT2D eigenvalue weighted by atomic mass is 9.87. The first-order chi connectivity index (χ1) is 9.05. The molecule has 1 aromatic heterocycles. The lowest BCUT2D eigenvalue weighted by molar-refractivity contribution is -0.138. The van der Waals surface area contributed by atoms with Gasteiger partial charge in [-0.3, -0.25) is 4.79 Å². The van der Waals surface area contributed by atoms with E-state index in [1.807, 2.05) is 32.3 Å². The van der Waals surface area contributed by atoms with E-state index in [1.54, 1.807) is 11.3 Å². The van der Waals surface area contributed by atoms with Crippen LogP contribution in [0.25, 0.3) is 0 Å². The molecule has 0 spiro atoms. The second kappa shape index (κ2) is 6.06. The molecule has 106 valence electrons.